The maximum atomic E-state index is 11.4. The number of carbonyl (C=O) groups is 1. The molecule has 0 aliphatic rings. The van der Waals surface area contributed by atoms with Crippen LogP contribution in [-0.2, 0) is 0 Å². The van der Waals surface area contributed by atoms with Crippen molar-refractivity contribution >= 4 is 17.1 Å². The Morgan fingerprint density at radius 3 is 2.62 bits per heavy atom. The van der Waals surface area contributed by atoms with Crippen LogP contribution in [0.4, 0.5) is 0 Å². The van der Waals surface area contributed by atoms with Gasteiger partial charge in [0, 0.05) is 11.3 Å². The van der Waals surface area contributed by atoms with Gasteiger partial charge in [-0.2, -0.15) is 0 Å². The van der Waals surface area contributed by atoms with E-state index in [1.54, 1.807) is 38.3 Å². The molecule has 0 aliphatic carbocycles. The van der Waals surface area contributed by atoms with Crippen LogP contribution in [0.5, 0.6) is 5.75 Å². The largest absolute Gasteiger partial charge is 0.497 e. The third kappa shape index (κ3) is 2.20. The molecule has 106 valence electrons. The number of rotatable bonds is 3. The summed E-state index contributed by atoms with van der Waals surface area (Å²) in [4.78, 5) is 15.6. The number of benzene rings is 1. The van der Waals surface area contributed by atoms with Gasteiger partial charge >= 0.3 is 5.97 Å². The number of fused-ring (bicyclic) bond motifs is 1. The van der Waals surface area contributed by atoms with E-state index in [1.165, 1.54) is 6.07 Å². The molecule has 0 aliphatic heterocycles. The minimum absolute atomic E-state index is 0.129. The highest BCUT2D eigenvalue weighted by atomic mass is 16.5. The van der Waals surface area contributed by atoms with Gasteiger partial charge in [-0.3, -0.25) is 0 Å². The second-order valence-electron chi connectivity index (χ2n) is 4.56. The van der Waals surface area contributed by atoms with Crippen LogP contribution in [0.3, 0.4) is 0 Å². The van der Waals surface area contributed by atoms with E-state index < -0.39 is 5.97 Å². The molecular weight excluding hydrogens is 272 g/mol. The Bertz CT molecular complexity index is 822. The van der Waals surface area contributed by atoms with Crippen LogP contribution in [0.2, 0.25) is 0 Å². The Kier molecular flexibility index (Phi) is 3.06. The van der Waals surface area contributed by atoms with Gasteiger partial charge < -0.3 is 14.4 Å². The molecule has 3 rings (SSSR count). The molecule has 21 heavy (non-hydrogen) atoms. The van der Waals surface area contributed by atoms with Crippen molar-refractivity contribution in [1.29, 1.82) is 0 Å². The normalized spacial score (nSPS) is 10.8. The first kappa shape index (κ1) is 13.1. The minimum atomic E-state index is -1.04. The zero-order valence-corrected chi connectivity index (χ0v) is 11.5. The second-order valence-corrected chi connectivity index (χ2v) is 4.56. The smallest absolute Gasteiger partial charge is 0.336 e. The summed E-state index contributed by atoms with van der Waals surface area (Å²) < 4.78 is 10.3. The number of pyridine rings is 1. The third-order valence-electron chi connectivity index (χ3n) is 3.17. The van der Waals surface area contributed by atoms with Crippen molar-refractivity contribution in [1.82, 2.24) is 10.1 Å². The lowest BCUT2D eigenvalue weighted by molar-refractivity contribution is 0.0699. The van der Waals surface area contributed by atoms with Crippen molar-refractivity contribution in [3.63, 3.8) is 0 Å². The molecule has 6 heteroatoms. The number of hydrogen-bond acceptors (Lipinski definition) is 5. The zero-order valence-electron chi connectivity index (χ0n) is 11.5. The van der Waals surface area contributed by atoms with Gasteiger partial charge in [-0.1, -0.05) is 5.16 Å². The highest BCUT2D eigenvalue weighted by Crippen LogP contribution is 2.31. The molecule has 0 radical (unpaired) electrons. The molecule has 0 saturated heterocycles. The molecule has 0 amide bonds. The van der Waals surface area contributed by atoms with Crippen molar-refractivity contribution in [2.75, 3.05) is 7.11 Å². The predicted molar refractivity (Wildman–Crippen MR) is 75.5 cm³/mol. The summed E-state index contributed by atoms with van der Waals surface area (Å²) >= 11 is 0. The highest BCUT2D eigenvalue weighted by Gasteiger charge is 2.20. The van der Waals surface area contributed by atoms with Crippen molar-refractivity contribution in [3.05, 3.63) is 41.6 Å². The van der Waals surface area contributed by atoms with Gasteiger partial charge in [-0.25, -0.2) is 9.78 Å². The number of nitrogens with zero attached hydrogens (tertiary/aromatic N) is 2. The van der Waals surface area contributed by atoms with E-state index in [9.17, 15) is 9.90 Å². The van der Waals surface area contributed by atoms with Crippen LogP contribution >= 0.6 is 0 Å². The molecule has 3 aromatic rings. The van der Waals surface area contributed by atoms with E-state index >= 15 is 0 Å². The Morgan fingerprint density at radius 1 is 1.29 bits per heavy atom. The topological polar surface area (TPSA) is 85.5 Å². The van der Waals surface area contributed by atoms with Crippen LogP contribution in [0.25, 0.3) is 22.4 Å². The average molecular weight is 284 g/mol. The van der Waals surface area contributed by atoms with Crippen LogP contribution < -0.4 is 4.74 Å². The molecule has 2 heterocycles. The van der Waals surface area contributed by atoms with Crippen molar-refractivity contribution < 1.29 is 19.2 Å². The molecule has 0 saturated carbocycles. The Hall–Kier alpha value is -2.89. The van der Waals surface area contributed by atoms with E-state index in [4.69, 9.17) is 9.26 Å². The Balaban J connectivity index is 2.25. The monoisotopic (exact) mass is 284 g/mol. The number of aryl methyl sites for hydroxylation is 1. The van der Waals surface area contributed by atoms with E-state index in [2.05, 4.69) is 10.1 Å². The Morgan fingerprint density at radius 2 is 2.00 bits per heavy atom. The Labute approximate surface area is 120 Å². The van der Waals surface area contributed by atoms with Gasteiger partial charge in [0.2, 0.25) is 0 Å². The molecule has 2 aromatic heterocycles. The summed E-state index contributed by atoms with van der Waals surface area (Å²) in [6, 6.07) is 8.65. The van der Waals surface area contributed by atoms with E-state index in [-0.39, 0.29) is 11.3 Å². The molecule has 1 aromatic carbocycles. The first-order chi connectivity index (χ1) is 10.1. The lowest BCUT2D eigenvalue weighted by Crippen LogP contribution is -1.99. The fraction of sp³-hybridized carbons (Fsp3) is 0.133. The van der Waals surface area contributed by atoms with Crippen molar-refractivity contribution in [2.24, 2.45) is 0 Å². The summed E-state index contributed by atoms with van der Waals surface area (Å²) in [5.74, 6) is -0.331. The SMILES string of the molecule is COc1ccc(-c2noc3nc(C)cc(C(=O)O)c23)cc1. The molecule has 1 N–H and O–H groups in total. The third-order valence-corrected chi connectivity index (χ3v) is 3.17. The summed E-state index contributed by atoms with van der Waals surface area (Å²) in [6.07, 6.45) is 0. The van der Waals surface area contributed by atoms with Crippen LogP contribution in [0, 0.1) is 6.92 Å². The lowest BCUT2D eigenvalue weighted by Gasteiger charge is -2.02. The van der Waals surface area contributed by atoms with E-state index in [0.29, 0.717) is 22.5 Å². The quantitative estimate of drug-likeness (QED) is 0.796. The van der Waals surface area contributed by atoms with Gasteiger partial charge in [0.25, 0.3) is 5.71 Å². The van der Waals surface area contributed by atoms with Gasteiger partial charge in [-0.15, -0.1) is 0 Å². The molecule has 0 atom stereocenters. The standard InChI is InChI=1S/C15H12N2O4/c1-8-7-11(15(18)19)12-13(17-21-14(12)16-8)9-3-5-10(20-2)6-4-9/h3-7H,1-2H3,(H,18,19). The summed E-state index contributed by atoms with van der Waals surface area (Å²) in [5, 5.41) is 13.7. The molecule has 0 bridgehead atoms. The summed E-state index contributed by atoms with van der Waals surface area (Å²) in [7, 11) is 1.58. The second kappa shape index (κ2) is 4.90. The fourth-order valence-electron chi connectivity index (χ4n) is 2.19. The highest BCUT2D eigenvalue weighted by molar-refractivity contribution is 6.06. The minimum Gasteiger partial charge on any atom is -0.497 e. The first-order valence-corrected chi connectivity index (χ1v) is 6.25. The summed E-state index contributed by atoms with van der Waals surface area (Å²) in [5.41, 5.74) is 2.11. The van der Waals surface area contributed by atoms with E-state index in [1.807, 2.05) is 0 Å². The van der Waals surface area contributed by atoms with Crippen LogP contribution in [-0.4, -0.2) is 28.3 Å². The number of aromatic nitrogens is 2. The van der Waals surface area contributed by atoms with Crippen molar-refractivity contribution in [2.45, 2.75) is 6.92 Å². The first-order valence-electron chi connectivity index (χ1n) is 6.25. The van der Waals surface area contributed by atoms with Crippen LogP contribution in [0.15, 0.2) is 34.9 Å². The zero-order chi connectivity index (χ0) is 15.0. The van der Waals surface area contributed by atoms with Gasteiger partial charge in [0.1, 0.15) is 11.4 Å². The molecule has 0 unspecified atom stereocenters. The number of aromatic carboxylic acids is 1. The van der Waals surface area contributed by atoms with Gasteiger partial charge in [0.15, 0.2) is 0 Å². The number of carboxylic acid groups (broad SMARTS) is 1. The van der Waals surface area contributed by atoms with Gasteiger partial charge in [-0.05, 0) is 37.3 Å². The van der Waals surface area contributed by atoms with Crippen LogP contribution in [0.1, 0.15) is 16.1 Å². The number of methoxy groups -OCH3 is 1. The maximum Gasteiger partial charge on any atom is 0.336 e. The molecule has 0 fully saturated rings. The number of hydrogen-bond donors (Lipinski definition) is 1. The van der Waals surface area contributed by atoms with Crippen molar-refractivity contribution in [3.8, 4) is 17.0 Å². The number of carboxylic acids is 1. The molecule has 0 spiro atoms. The van der Waals surface area contributed by atoms with Gasteiger partial charge in [0.05, 0.1) is 18.1 Å². The number of ether oxygens (including phenoxy) is 1. The molecular formula is C15H12N2O4. The lowest BCUT2D eigenvalue weighted by atomic mass is 10.0. The molecule has 6 nitrogen and oxygen atoms in total. The predicted octanol–water partition coefficient (Wildman–Crippen LogP) is 2.91. The fourth-order valence-corrected chi connectivity index (χ4v) is 2.19. The summed E-state index contributed by atoms with van der Waals surface area (Å²) in [6.45, 7) is 1.71. The van der Waals surface area contributed by atoms with E-state index in [0.717, 1.165) is 5.56 Å². The average Bonchev–Trinajstić information content (AvgIpc) is 2.90. The maximum absolute atomic E-state index is 11.4.